The predicted molar refractivity (Wildman–Crippen MR) is 153 cm³/mol. The second-order valence-electron chi connectivity index (χ2n) is 9.48. The fraction of sp³-hybridized carbons (Fsp3) is 0.344. The largest absolute Gasteiger partial charge is 0.494 e. The van der Waals surface area contributed by atoms with Gasteiger partial charge in [0.25, 0.3) is 11.5 Å². The molecule has 0 N–H and O–H groups in total. The molecule has 6 heteroatoms. The Labute approximate surface area is 224 Å². The highest BCUT2D eigenvalue weighted by Gasteiger charge is 2.26. The summed E-state index contributed by atoms with van der Waals surface area (Å²) in [7, 11) is 0. The van der Waals surface area contributed by atoms with E-state index in [4.69, 9.17) is 9.72 Å². The lowest BCUT2D eigenvalue weighted by molar-refractivity contribution is 0.0693. The highest BCUT2D eigenvalue weighted by molar-refractivity contribution is 5.94. The minimum Gasteiger partial charge on any atom is -0.494 e. The molecular weight excluding hydrogens is 474 g/mol. The number of hydrogen-bond donors (Lipinski definition) is 0. The van der Waals surface area contributed by atoms with Crippen molar-refractivity contribution in [2.45, 2.75) is 59.4 Å². The zero-order chi connectivity index (χ0) is 27.1. The second-order valence-corrected chi connectivity index (χ2v) is 9.48. The van der Waals surface area contributed by atoms with Gasteiger partial charge in [0.2, 0.25) is 0 Å². The van der Waals surface area contributed by atoms with Crippen molar-refractivity contribution in [3.63, 3.8) is 0 Å². The van der Waals surface area contributed by atoms with Crippen LogP contribution in [0.25, 0.3) is 16.6 Å². The number of carbonyl (C=O) groups is 1. The van der Waals surface area contributed by atoms with E-state index in [0.717, 1.165) is 18.6 Å². The van der Waals surface area contributed by atoms with E-state index in [-0.39, 0.29) is 11.5 Å². The molecule has 0 spiro atoms. The zero-order valence-electron chi connectivity index (χ0n) is 22.8. The first-order valence-electron chi connectivity index (χ1n) is 13.6. The molecule has 1 heterocycles. The van der Waals surface area contributed by atoms with Crippen molar-refractivity contribution in [3.8, 4) is 11.4 Å². The van der Waals surface area contributed by atoms with Crippen molar-refractivity contribution in [3.05, 3.63) is 100 Å². The van der Waals surface area contributed by atoms with Gasteiger partial charge in [0.1, 0.15) is 11.6 Å². The first-order chi connectivity index (χ1) is 18.5. The zero-order valence-corrected chi connectivity index (χ0v) is 22.8. The minimum absolute atomic E-state index is 0.0826. The van der Waals surface area contributed by atoms with Gasteiger partial charge in [-0.1, -0.05) is 44.0 Å². The molecule has 0 saturated heterocycles. The fourth-order valence-electron chi connectivity index (χ4n) is 4.83. The molecule has 1 atom stereocenters. The molecule has 3 aromatic carbocycles. The summed E-state index contributed by atoms with van der Waals surface area (Å²) in [6, 6.07) is 22.2. The number of fused-ring (bicyclic) bond motifs is 1. The van der Waals surface area contributed by atoms with Gasteiger partial charge >= 0.3 is 0 Å². The second kappa shape index (κ2) is 12.5. The summed E-state index contributed by atoms with van der Waals surface area (Å²) in [5.41, 5.74) is 3.00. The molecule has 4 rings (SSSR count). The Hall–Kier alpha value is -3.93. The number of ether oxygens (including phenoxy) is 1. The third kappa shape index (κ3) is 5.80. The van der Waals surface area contributed by atoms with E-state index < -0.39 is 6.04 Å². The highest BCUT2D eigenvalue weighted by Crippen LogP contribution is 2.25. The molecular formula is C32H37N3O3. The van der Waals surface area contributed by atoms with Gasteiger partial charge in [-0.15, -0.1) is 0 Å². The predicted octanol–water partition coefficient (Wildman–Crippen LogP) is 6.74. The van der Waals surface area contributed by atoms with Crippen LogP contribution in [-0.4, -0.2) is 33.5 Å². The molecule has 198 valence electrons. The topological polar surface area (TPSA) is 64.4 Å². The lowest BCUT2D eigenvalue weighted by Gasteiger charge is -2.29. The number of unbranched alkanes of at least 4 members (excludes halogenated alkanes) is 2. The van der Waals surface area contributed by atoms with E-state index in [1.807, 2.05) is 87.5 Å². The van der Waals surface area contributed by atoms with Gasteiger partial charge in [0, 0.05) is 12.1 Å². The van der Waals surface area contributed by atoms with Crippen molar-refractivity contribution in [2.24, 2.45) is 0 Å². The molecule has 0 saturated carbocycles. The lowest BCUT2D eigenvalue weighted by atomic mass is 10.0. The standard InChI is InChI=1S/C32H37N3O3/c1-5-8-9-12-24-15-17-25(18-16-24)31(36)34(6-2)23(4)30-33-29-14-11-10-13-28(29)32(37)35(30)26-19-21-27(22-20-26)38-7-3/h10-11,13-23H,5-9,12H2,1-4H3. The van der Waals surface area contributed by atoms with E-state index >= 15 is 0 Å². The monoisotopic (exact) mass is 511 g/mol. The van der Waals surface area contributed by atoms with Crippen molar-refractivity contribution < 1.29 is 9.53 Å². The first kappa shape index (κ1) is 27.1. The molecule has 0 aliphatic rings. The molecule has 0 aliphatic heterocycles. The van der Waals surface area contributed by atoms with Crippen LogP contribution in [0.15, 0.2) is 77.6 Å². The van der Waals surface area contributed by atoms with E-state index in [1.165, 1.54) is 18.4 Å². The Balaban J connectivity index is 1.73. The van der Waals surface area contributed by atoms with Gasteiger partial charge < -0.3 is 9.64 Å². The molecule has 0 aliphatic carbocycles. The average Bonchev–Trinajstić information content (AvgIpc) is 2.94. The summed E-state index contributed by atoms with van der Waals surface area (Å²) < 4.78 is 7.21. The number of aryl methyl sites for hydroxylation is 1. The molecule has 0 radical (unpaired) electrons. The van der Waals surface area contributed by atoms with Crippen LogP contribution in [0, 0.1) is 0 Å². The Morgan fingerprint density at radius 1 is 0.947 bits per heavy atom. The number of nitrogens with zero attached hydrogens (tertiary/aromatic N) is 3. The smallest absolute Gasteiger partial charge is 0.266 e. The number of rotatable bonds is 11. The maximum atomic E-state index is 13.7. The number of benzene rings is 3. The van der Waals surface area contributed by atoms with Gasteiger partial charge in [-0.25, -0.2) is 4.98 Å². The maximum Gasteiger partial charge on any atom is 0.266 e. The third-order valence-electron chi connectivity index (χ3n) is 6.92. The number of hydrogen-bond acceptors (Lipinski definition) is 4. The average molecular weight is 512 g/mol. The quantitative estimate of drug-likeness (QED) is 0.209. The fourth-order valence-corrected chi connectivity index (χ4v) is 4.83. The third-order valence-corrected chi connectivity index (χ3v) is 6.92. The summed E-state index contributed by atoms with van der Waals surface area (Å²) in [5.74, 6) is 1.17. The Bertz CT molecular complexity index is 1430. The Morgan fingerprint density at radius 3 is 2.32 bits per heavy atom. The summed E-state index contributed by atoms with van der Waals surface area (Å²) in [6.07, 6.45) is 4.56. The van der Waals surface area contributed by atoms with E-state index in [9.17, 15) is 9.59 Å². The molecule has 1 amide bonds. The van der Waals surface area contributed by atoms with E-state index in [1.54, 1.807) is 15.5 Å². The van der Waals surface area contributed by atoms with Crippen molar-refractivity contribution in [2.75, 3.05) is 13.2 Å². The van der Waals surface area contributed by atoms with Gasteiger partial charge in [-0.05, 0) is 87.7 Å². The minimum atomic E-state index is -0.444. The number of amides is 1. The van der Waals surface area contributed by atoms with Crippen molar-refractivity contribution in [1.82, 2.24) is 14.5 Å². The molecule has 1 unspecified atom stereocenters. The Morgan fingerprint density at radius 2 is 1.66 bits per heavy atom. The van der Waals surface area contributed by atoms with E-state index in [0.29, 0.717) is 41.1 Å². The van der Waals surface area contributed by atoms with Gasteiger partial charge in [0.15, 0.2) is 0 Å². The summed E-state index contributed by atoms with van der Waals surface area (Å²) >= 11 is 0. The number of para-hydroxylation sites is 1. The summed E-state index contributed by atoms with van der Waals surface area (Å²) in [5, 5.41) is 0.533. The van der Waals surface area contributed by atoms with Crippen LogP contribution in [0.2, 0.25) is 0 Å². The van der Waals surface area contributed by atoms with Crippen LogP contribution in [0.3, 0.4) is 0 Å². The summed E-state index contributed by atoms with van der Waals surface area (Å²) in [4.78, 5) is 34.1. The van der Waals surface area contributed by atoms with E-state index in [2.05, 4.69) is 6.92 Å². The van der Waals surface area contributed by atoms with Gasteiger partial charge in [0.05, 0.1) is 29.2 Å². The van der Waals surface area contributed by atoms with Gasteiger partial charge in [-0.2, -0.15) is 0 Å². The van der Waals surface area contributed by atoms with Crippen LogP contribution < -0.4 is 10.3 Å². The van der Waals surface area contributed by atoms with Crippen LogP contribution >= 0.6 is 0 Å². The normalized spacial score (nSPS) is 11.9. The van der Waals surface area contributed by atoms with Crippen LogP contribution in [-0.2, 0) is 6.42 Å². The Kier molecular flexibility index (Phi) is 8.95. The molecule has 6 nitrogen and oxygen atoms in total. The van der Waals surface area contributed by atoms with Crippen LogP contribution in [0.5, 0.6) is 5.75 Å². The molecule has 1 aromatic heterocycles. The first-order valence-corrected chi connectivity index (χ1v) is 13.6. The molecule has 38 heavy (non-hydrogen) atoms. The van der Waals surface area contributed by atoms with Crippen molar-refractivity contribution in [1.29, 1.82) is 0 Å². The number of carbonyl (C=O) groups excluding carboxylic acids is 1. The molecule has 0 bridgehead atoms. The highest BCUT2D eigenvalue weighted by atomic mass is 16.5. The van der Waals surface area contributed by atoms with Crippen molar-refractivity contribution >= 4 is 16.8 Å². The number of aromatic nitrogens is 2. The molecule has 0 fully saturated rings. The van der Waals surface area contributed by atoms with Crippen LogP contribution in [0.1, 0.15) is 74.7 Å². The lowest BCUT2D eigenvalue weighted by Crippen LogP contribution is -2.37. The summed E-state index contributed by atoms with van der Waals surface area (Å²) in [6.45, 7) is 9.05. The van der Waals surface area contributed by atoms with Crippen LogP contribution in [0.4, 0.5) is 0 Å². The SMILES string of the molecule is CCCCCc1ccc(C(=O)N(CC)C(C)c2nc3ccccc3c(=O)n2-c2ccc(OCC)cc2)cc1. The molecule has 4 aromatic rings. The maximum absolute atomic E-state index is 13.7. The van der Waals surface area contributed by atoms with Gasteiger partial charge in [-0.3, -0.25) is 14.2 Å².